The zero-order chi connectivity index (χ0) is 15.9. The van der Waals surface area contributed by atoms with Crippen LogP contribution in [-0.4, -0.2) is 44.3 Å². The maximum atomic E-state index is 12.4. The summed E-state index contributed by atoms with van der Waals surface area (Å²) < 4.78 is 28.5. The van der Waals surface area contributed by atoms with Crippen LogP contribution in [0, 0.1) is 16.7 Å². The molecule has 0 aromatic heterocycles. The Hall–Kier alpha value is -0.910. The Morgan fingerprint density at radius 2 is 1.95 bits per heavy atom. The van der Waals surface area contributed by atoms with E-state index in [4.69, 9.17) is 0 Å². The van der Waals surface area contributed by atoms with E-state index < -0.39 is 15.4 Å². The van der Waals surface area contributed by atoms with E-state index in [1.165, 1.54) is 6.34 Å². The third kappa shape index (κ3) is 2.62. The molecule has 0 N–H and O–H groups in total. The van der Waals surface area contributed by atoms with E-state index in [1.807, 2.05) is 32.6 Å². The zero-order valence-corrected chi connectivity index (χ0v) is 14.2. The first-order valence-corrected chi connectivity index (χ1v) is 9.35. The van der Waals surface area contributed by atoms with Gasteiger partial charge < -0.3 is 4.90 Å². The van der Waals surface area contributed by atoms with Gasteiger partial charge >= 0.3 is 0 Å². The first kappa shape index (κ1) is 16.5. The molecule has 2 saturated carbocycles. The summed E-state index contributed by atoms with van der Waals surface area (Å²) in [7, 11) is -3.62. The van der Waals surface area contributed by atoms with Gasteiger partial charge in [0.25, 0.3) is 10.0 Å². The molecule has 5 nitrogen and oxygen atoms in total. The summed E-state index contributed by atoms with van der Waals surface area (Å²) in [6, 6.07) is 0. The summed E-state index contributed by atoms with van der Waals surface area (Å²) >= 11 is 0. The van der Waals surface area contributed by atoms with Gasteiger partial charge in [0.15, 0.2) is 0 Å². The van der Waals surface area contributed by atoms with Crippen molar-refractivity contribution in [3.63, 3.8) is 0 Å². The van der Waals surface area contributed by atoms with Gasteiger partial charge in [0.2, 0.25) is 0 Å². The third-order valence-electron chi connectivity index (χ3n) is 5.75. The van der Waals surface area contributed by atoms with Crippen molar-refractivity contribution < 1.29 is 13.2 Å². The molecule has 0 amide bonds. The Balaban J connectivity index is 2.22. The lowest BCUT2D eigenvalue weighted by molar-refractivity contribution is -0.128. The van der Waals surface area contributed by atoms with E-state index in [0.29, 0.717) is 31.8 Å². The number of nitrogens with zero attached hydrogens (tertiary/aromatic N) is 2. The van der Waals surface area contributed by atoms with Crippen LogP contribution >= 0.6 is 0 Å². The predicted molar refractivity (Wildman–Crippen MR) is 83.8 cm³/mol. The maximum absolute atomic E-state index is 12.4. The highest BCUT2D eigenvalue weighted by Crippen LogP contribution is 2.64. The van der Waals surface area contributed by atoms with Crippen molar-refractivity contribution in [1.29, 1.82) is 0 Å². The third-order valence-corrected chi connectivity index (χ3v) is 7.02. The van der Waals surface area contributed by atoms with Gasteiger partial charge in [-0.25, -0.2) is 8.42 Å². The highest BCUT2D eigenvalue weighted by atomic mass is 32.2. The molecule has 0 aliphatic heterocycles. The average Bonchev–Trinajstić information content (AvgIpc) is 2.73. The number of hydrogen-bond acceptors (Lipinski definition) is 3. The second kappa shape index (κ2) is 5.38. The topological polar surface area (TPSA) is 66.8 Å². The van der Waals surface area contributed by atoms with Crippen LogP contribution in [0.5, 0.6) is 0 Å². The lowest BCUT2D eigenvalue weighted by Gasteiger charge is -2.35. The van der Waals surface area contributed by atoms with Crippen molar-refractivity contribution in [2.45, 2.75) is 47.0 Å². The molecule has 2 atom stereocenters. The molecule has 2 rings (SSSR count). The highest BCUT2D eigenvalue weighted by Gasteiger charge is 2.65. The fourth-order valence-corrected chi connectivity index (χ4v) is 5.63. The van der Waals surface area contributed by atoms with Gasteiger partial charge in [-0.15, -0.1) is 0 Å². The second-order valence-electron chi connectivity index (χ2n) is 6.84. The molecule has 0 heterocycles. The summed E-state index contributed by atoms with van der Waals surface area (Å²) in [5.41, 5.74) is -0.959. The standard InChI is InChI=1S/C15H26N2O3S/c1-5-17(6-2)11-16-21(19,20)10-15-8-7-12(9-13(15)18)14(15,3)4/h11-12H,5-10H2,1-4H3/b16-11+. The van der Waals surface area contributed by atoms with Gasteiger partial charge in [-0.1, -0.05) is 13.8 Å². The van der Waals surface area contributed by atoms with Crippen molar-refractivity contribution in [2.75, 3.05) is 18.8 Å². The molecule has 6 heteroatoms. The van der Waals surface area contributed by atoms with Crippen molar-refractivity contribution in [3.05, 3.63) is 0 Å². The smallest absolute Gasteiger partial charge is 0.255 e. The minimum atomic E-state index is -3.62. The van der Waals surface area contributed by atoms with Crippen LogP contribution < -0.4 is 0 Å². The van der Waals surface area contributed by atoms with Crippen LogP contribution in [0.1, 0.15) is 47.0 Å². The molecule has 21 heavy (non-hydrogen) atoms. The number of sulfonamides is 1. The van der Waals surface area contributed by atoms with Crippen LogP contribution in [-0.2, 0) is 14.8 Å². The molecule has 0 aromatic rings. The molecule has 2 aliphatic carbocycles. The van der Waals surface area contributed by atoms with Gasteiger partial charge in [0.05, 0.1) is 11.2 Å². The molecule has 120 valence electrons. The molecule has 0 radical (unpaired) electrons. The quantitative estimate of drug-likeness (QED) is 0.556. The van der Waals surface area contributed by atoms with E-state index in [-0.39, 0.29) is 17.0 Å². The molecule has 0 spiro atoms. The Kier molecular flexibility index (Phi) is 4.21. The normalized spacial score (nSPS) is 31.2. The molecule has 2 fully saturated rings. The minimum Gasteiger partial charge on any atom is -0.362 e. The van der Waals surface area contributed by atoms with E-state index in [2.05, 4.69) is 4.40 Å². The second-order valence-corrected chi connectivity index (χ2v) is 8.50. The number of ketones is 1. The summed E-state index contributed by atoms with van der Waals surface area (Å²) in [6.07, 6.45) is 3.56. The van der Waals surface area contributed by atoms with Crippen molar-refractivity contribution in [3.8, 4) is 0 Å². The molecular formula is C15H26N2O3S. The maximum Gasteiger partial charge on any atom is 0.255 e. The van der Waals surface area contributed by atoms with Gasteiger partial charge in [0, 0.05) is 19.5 Å². The predicted octanol–water partition coefficient (Wildman–Crippen LogP) is 2.08. The summed E-state index contributed by atoms with van der Waals surface area (Å²) in [5.74, 6) is 0.303. The molecule has 2 unspecified atom stereocenters. The lowest BCUT2D eigenvalue weighted by atomic mass is 9.70. The molecule has 2 bridgehead atoms. The number of carbonyl (C=O) groups is 1. The number of rotatable bonds is 6. The molecule has 2 aliphatic rings. The number of Topliss-reactive ketones (excluding diaryl/α,β-unsaturated/α-hetero) is 1. The summed E-state index contributed by atoms with van der Waals surface area (Å²) in [5, 5.41) is 0. The van der Waals surface area contributed by atoms with Gasteiger partial charge in [-0.2, -0.15) is 4.40 Å². The first-order chi connectivity index (χ1) is 9.68. The fraction of sp³-hybridized carbons (Fsp3) is 0.867. The highest BCUT2D eigenvalue weighted by molar-refractivity contribution is 7.90. The number of fused-ring (bicyclic) bond motifs is 2. The Bertz CT molecular complexity index is 549. The monoisotopic (exact) mass is 314 g/mol. The van der Waals surface area contributed by atoms with Gasteiger partial charge in [0.1, 0.15) is 12.1 Å². The number of hydrogen-bond donors (Lipinski definition) is 0. The largest absolute Gasteiger partial charge is 0.362 e. The van der Waals surface area contributed by atoms with Crippen LogP contribution in [0.2, 0.25) is 0 Å². The number of carbonyl (C=O) groups excluding carboxylic acids is 1. The fourth-order valence-electron chi connectivity index (χ4n) is 3.98. The van der Waals surface area contributed by atoms with Crippen molar-refractivity contribution in [1.82, 2.24) is 4.90 Å². The summed E-state index contributed by atoms with van der Waals surface area (Å²) in [4.78, 5) is 14.2. The Morgan fingerprint density at radius 1 is 1.33 bits per heavy atom. The summed E-state index contributed by atoms with van der Waals surface area (Å²) in [6.45, 7) is 9.41. The van der Waals surface area contributed by atoms with Gasteiger partial charge in [-0.3, -0.25) is 4.79 Å². The minimum absolute atomic E-state index is 0.116. The van der Waals surface area contributed by atoms with E-state index >= 15 is 0 Å². The van der Waals surface area contributed by atoms with E-state index in [1.54, 1.807) is 0 Å². The van der Waals surface area contributed by atoms with E-state index in [0.717, 1.165) is 6.42 Å². The molecule has 0 aromatic carbocycles. The average molecular weight is 314 g/mol. The molecule has 0 saturated heterocycles. The van der Waals surface area contributed by atoms with Crippen LogP contribution in [0.25, 0.3) is 0 Å². The molecular weight excluding hydrogens is 288 g/mol. The first-order valence-electron chi connectivity index (χ1n) is 7.74. The SMILES string of the molecule is CCN(/C=N/S(=O)(=O)CC12CCC(CC1=O)C2(C)C)CC. The lowest BCUT2D eigenvalue weighted by Crippen LogP contribution is -2.41. The van der Waals surface area contributed by atoms with Crippen molar-refractivity contribution in [2.24, 2.45) is 21.1 Å². The van der Waals surface area contributed by atoms with Crippen molar-refractivity contribution >= 4 is 22.1 Å². The zero-order valence-electron chi connectivity index (χ0n) is 13.4. The Labute approximate surface area is 127 Å². The van der Waals surface area contributed by atoms with Crippen LogP contribution in [0.3, 0.4) is 0 Å². The van der Waals surface area contributed by atoms with Crippen LogP contribution in [0.15, 0.2) is 4.40 Å². The van der Waals surface area contributed by atoms with E-state index in [9.17, 15) is 13.2 Å². The van der Waals surface area contributed by atoms with Gasteiger partial charge in [-0.05, 0) is 38.0 Å². The van der Waals surface area contributed by atoms with Crippen LogP contribution in [0.4, 0.5) is 0 Å². The Morgan fingerprint density at radius 3 is 2.38 bits per heavy atom.